The van der Waals surface area contributed by atoms with E-state index in [-0.39, 0.29) is 12.1 Å². The van der Waals surface area contributed by atoms with Crippen LogP contribution in [0.5, 0.6) is 5.75 Å². The van der Waals surface area contributed by atoms with Crippen LogP contribution in [0.25, 0.3) is 0 Å². The van der Waals surface area contributed by atoms with E-state index in [2.05, 4.69) is 19.2 Å². The zero-order valence-corrected chi connectivity index (χ0v) is 11.6. The van der Waals surface area contributed by atoms with Crippen LogP contribution in [0, 0.1) is 0 Å². The zero-order valence-electron chi connectivity index (χ0n) is 10.1. The van der Waals surface area contributed by atoms with E-state index in [1.807, 2.05) is 6.07 Å². The van der Waals surface area contributed by atoms with Crippen LogP contribution < -0.4 is 10.1 Å². The Labute approximate surface area is 112 Å². The Bertz CT molecular complexity index is 409. The Morgan fingerprint density at radius 1 is 1.41 bits per heavy atom. The fourth-order valence-electron chi connectivity index (χ4n) is 2.18. The first-order chi connectivity index (χ1) is 8.11. The van der Waals surface area contributed by atoms with Crippen LogP contribution in [0.3, 0.4) is 0 Å². The first-order valence-corrected chi connectivity index (χ1v) is 6.76. The fraction of sp³-hybridized carbons (Fsp3) is 0.538. The Morgan fingerprint density at radius 3 is 2.88 bits per heavy atom. The average molecular weight is 274 g/mol. The second kappa shape index (κ2) is 5.47. The molecule has 1 aliphatic heterocycles. The third kappa shape index (κ3) is 2.87. The largest absolute Gasteiger partial charge is 0.489 e. The van der Waals surface area contributed by atoms with E-state index < -0.39 is 0 Å². The van der Waals surface area contributed by atoms with Crippen molar-refractivity contribution in [2.45, 2.75) is 38.8 Å². The fourth-order valence-corrected chi connectivity index (χ4v) is 2.74. The molecule has 0 aliphatic carbocycles. The van der Waals surface area contributed by atoms with E-state index in [1.54, 1.807) is 6.07 Å². The first-order valence-electron chi connectivity index (χ1n) is 6.00. The molecule has 2 atom stereocenters. The van der Waals surface area contributed by atoms with Crippen molar-refractivity contribution < 1.29 is 4.74 Å². The molecule has 4 heteroatoms. The van der Waals surface area contributed by atoms with Crippen molar-refractivity contribution in [1.82, 2.24) is 5.32 Å². The van der Waals surface area contributed by atoms with Gasteiger partial charge < -0.3 is 10.1 Å². The SMILES string of the molecule is CCCNC1CC(C)Oc2c(Cl)cc(Cl)cc21. The van der Waals surface area contributed by atoms with E-state index >= 15 is 0 Å². The molecule has 1 aromatic carbocycles. The minimum atomic E-state index is 0.176. The van der Waals surface area contributed by atoms with Crippen LogP contribution in [-0.4, -0.2) is 12.6 Å². The quantitative estimate of drug-likeness (QED) is 0.891. The smallest absolute Gasteiger partial charge is 0.143 e. The molecule has 0 radical (unpaired) electrons. The summed E-state index contributed by atoms with van der Waals surface area (Å²) < 4.78 is 5.80. The molecule has 0 bridgehead atoms. The molecule has 2 nitrogen and oxygen atoms in total. The topological polar surface area (TPSA) is 21.3 Å². The van der Waals surface area contributed by atoms with Crippen molar-refractivity contribution in [1.29, 1.82) is 0 Å². The number of hydrogen-bond acceptors (Lipinski definition) is 2. The van der Waals surface area contributed by atoms with Gasteiger partial charge in [0.2, 0.25) is 0 Å². The molecule has 1 aromatic rings. The lowest BCUT2D eigenvalue weighted by molar-refractivity contribution is 0.166. The average Bonchev–Trinajstić information content (AvgIpc) is 2.27. The van der Waals surface area contributed by atoms with Gasteiger partial charge in [-0.25, -0.2) is 0 Å². The summed E-state index contributed by atoms with van der Waals surface area (Å²) in [7, 11) is 0. The number of benzene rings is 1. The molecule has 0 saturated carbocycles. The van der Waals surface area contributed by atoms with E-state index in [0.29, 0.717) is 10.0 Å². The number of halogens is 2. The van der Waals surface area contributed by atoms with Crippen LogP contribution in [0.4, 0.5) is 0 Å². The highest BCUT2D eigenvalue weighted by Gasteiger charge is 2.27. The summed E-state index contributed by atoms with van der Waals surface area (Å²) in [6.45, 7) is 5.21. The van der Waals surface area contributed by atoms with E-state index in [1.165, 1.54) is 0 Å². The highest BCUT2D eigenvalue weighted by atomic mass is 35.5. The predicted octanol–water partition coefficient (Wildman–Crippen LogP) is 4.21. The summed E-state index contributed by atoms with van der Waals surface area (Å²) in [6.07, 6.45) is 2.23. The molecule has 0 fully saturated rings. The standard InChI is InChI=1S/C13H17Cl2NO/c1-3-4-16-12-5-8(2)17-13-10(12)6-9(14)7-11(13)15/h6-8,12,16H,3-5H2,1-2H3. The highest BCUT2D eigenvalue weighted by Crippen LogP contribution is 2.41. The molecule has 17 heavy (non-hydrogen) atoms. The normalized spacial score (nSPS) is 23.1. The van der Waals surface area contributed by atoms with Crippen molar-refractivity contribution in [3.63, 3.8) is 0 Å². The molecule has 0 aromatic heterocycles. The summed E-state index contributed by atoms with van der Waals surface area (Å²) in [6, 6.07) is 3.96. The van der Waals surface area contributed by atoms with Crippen LogP contribution in [0.15, 0.2) is 12.1 Å². The summed E-state index contributed by atoms with van der Waals surface area (Å²) in [5.74, 6) is 0.781. The predicted molar refractivity (Wildman–Crippen MR) is 72.2 cm³/mol. The summed E-state index contributed by atoms with van der Waals surface area (Å²) in [4.78, 5) is 0. The number of nitrogens with one attached hydrogen (secondary N) is 1. The molecule has 1 aliphatic rings. The number of ether oxygens (including phenoxy) is 1. The Hall–Kier alpha value is -0.440. The van der Waals surface area contributed by atoms with Crippen molar-refractivity contribution >= 4 is 23.2 Å². The second-order valence-electron chi connectivity index (χ2n) is 4.48. The minimum absolute atomic E-state index is 0.176. The summed E-state index contributed by atoms with van der Waals surface area (Å²) in [5, 5.41) is 4.78. The molecular formula is C13H17Cl2NO. The van der Waals surface area contributed by atoms with Crippen molar-refractivity contribution in [2.75, 3.05) is 6.54 Å². The van der Waals surface area contributed by atoms with Gasteiger partial charge in [-0.3, -0.25) is 0 Å². The van der Waals surface area contributed by atoms with Gasteiger partial charge >= 0.3 is 0 Å². The van der Waals surface area contributed by atoms with E-state index in [0.717, 1.165) is 30.7 Å². The third-order valence-electron chi connectivity index (χ3n) is 2.94. The number of rotatable bonds is 3. The zero-order chi connectivity index (χ0) is 12.4. The second-order valence-corrected chi connectivity index (χ2v) is 5.32. The van der Waals surface area contributed by atoms with Gasteiger partial charge in [-0.2, -0.15) is 0 Å². The van der Waals surface area contributed by atoms with Gasteiger partial charge in [0.05, 0.1) is 11.1 Å². The van der Waals surface area contributed by atoms with Crippen molar-refractivity contribution in [2.24, 2.45) is 0 Å². The van der Waals surface area contributed by atoms with Crippen LogP contribution in [-0.2, 0) is 0 Å². The van der Waals surface area contributed by atoms with Gasteiger partial charge in [-0.15, -0.1) is 0 Å². The monoisotopic (exact) mass is 273 g/mol. The molecule has 2 unspecified atom stereocenters. The Morgan fingerprint density at radius 2 is 2.18 bits per heavy atom. The van der Waals surface area contributed by atoms with Gasteiger partial charge in [-0.1, -0.05) is 30.1 Å². The number of fused-ring (bicyclic) bond motifs is 1. The van der Waals surface area contributed by atoms with E-state index in [4.69, 9.17) is 27.9 Å². The molecule has 1 N–H and O–H groups in total. The first kappa shape index (κ1) is 13.0. The van der Waals surface area contributed by atoms with Crippen molar-refractivity contribution in [3.05, 3.63) is 27.7 Å². The van der Waals surface area contributed by atoms with Crippen molar-refractivity contribution in [3.8, 4) is 5.75 Å². The molecule has 94 valence electrons. The van der Waals surface area contributed by atoms with Gasteiger partial charge in [-0.05, 0) is 32.0 Å². The molecule has 1 heterocycles. The maximum Gasteiger partial charge on any atom is 0.143 e. The lowest BCUT2D eigenvalue weighted by atomic mass is 9.97. The summed E-state index contributed by atoms with van der Waals surface area (Å²) in [5.41, 5.74) is 1.08. The van der Waals surface area contributed by atoms with Gasteiger partial charge in [0.15, 0.2) is 0 Å². The molecule has 2 rings (SSSR count). The van der Waals surface area contributed by atoms with Gasteiger partial charge in [0, 0.05) is 23.0 Å². The maximum absolute atomic E-state index is 6.17. The van der Waals surface area contributed by atoms with Crippen LogP contribution >= 0.6 is 23.2 Å². The molecule has 0 amide bonds. The Balaban J connectivity index is 2.34. The molecular weight excluding hydrogens is 257 g/mol. The van der Waals surface area contributed by atoms with E-state index in [9.17, 15) is 0 Å². The minimum Gasteiger partial charge on any atom is -0.489 e. The summed E-state index contributed by atoms with van der Waals surface area (Å²) >= 11 is 12.2. The number of hydrogen-bond donors (Lipinski definition) is 1. The molecule has 0 spiro atoms. The lowest BCUT2D eigenvalue weighted by Crippen LogP contribution is -2.32. The van der Waals surface area contributed by atoms with Crippen LogP contribution in [0.2, 0.25) is 10.0 Å². The molecule has 0 saturated heterocycles. The van der Waals surface area contributed by atoms with Crippen LogP contribution in [0.1, 0.15) is 38.3 Å². The lowest BCUT2D eigenvalue weighted by Gasteiger charge is -2.31. The maximum atomic E-state index is 6.17. The highest BCUT2D eigenvalue weighted by molar-refractivity contribution is 6.35. The third-order valence-corrected chi connectivity index (χ3v) is 3.44. The Kier molecular flexibility index (Phi) is 4.18. The van der Waals surface area contributed by atoms with Gasteiger partial charge in [0.25, 0.3) is 0 Å². The van der Waals surface area contributed by atoms with Gasteiger partial charge in [0.1, 0.15) is 5.75 Å².